The molecule has 3 atom stereocenters. The number of amides is 2. The number of rotatable bonds is 9. The molecule has 41 heavy (non-hydrogen) atoms. The van der Waals surface area contributed by atoms with Crippen LogP contribution >= 0.6 is 23.2 Å². The minimum atomic E-state index is -0.884. The Kier molecular flexibility index (Phi) is 8.16. The van der Waals surface area contributed by atoms with Gasteiger partial charge in [-0.25, -0.2) is 9.07 Å². The Balaban J connectivity index is 1.34. The van der Waals surface area contributed by atoms with E-state index < -0.39 is 11.9 Å². The smallest absolute Gasteiger partial charge is 0.240 e. The first kappa shape index (κ1) is 28.8. The summed E-state index contributed by atoms with van der Waals surface area (Å²) in [6.07, 6.45) is 4.67. The lowest BCUT2D eigenvalue weighted by atomic mass is 9.52. The zero-order chi connectivity index (χ0) is 29.3. The molecule has 1 saturated carbocycles. The van der Waals surface area contributed by atoms with Crippen LogP contribution in [-0.2, 0) is 16.0 Å². The number of carbonyl (C=O) groups is 2. The van der Waals surface area contributed by atoms with E-state index >= 15 is 0 Å². The molecule has 4 aromatic rings. The van der Waals surface area contributed by atoms with E-state index in [4.69, 9.17) is 34.0 Å². The summed E-state index contributed by atoms with van der Waals surface area (Å²) in [7, 11) is 0. The molecular weight excluding hydrogens is 564 g/mol. The maximum absolute atomic E-state index is 13.3. The van der Waals surface area contributed by atoms with E-state index in [-0.39, 0.29) is 41.8 Å². The third kappa shape index (κ3) is 6.14. The maximum Gasteiger partial charge on any atom is 0.240 e. The average Bonchev–Trinajstić information content (AvgIpc) is 3.38. The first-order chi connectivity index (χ1) is 19.5. The fourth-order valence-corrected chi connectivity index (χ4v) is 5.84. The van der Waals surface area contributed by atoms with Crippen molar-refractivity contribution in [3.63, 3.8) is 0 Å². The fourth-order valence-electron chi connectivity index (χ4n) is 5.54. The SMILES string of the molecule is CC1(C)[C@@H](CC(=O)N[C@@H](Cc2ccc(F)cc2)C(N)=O)C[C@@H]1c1cc(-c2cccnc2)nn1-c1ccc(Cl)c(Cl)c1. The molecule has 1 aliphatic carbocycles. The number of benzene rings is 2. The second-order valence-corrected chi connectivity index (χ2v) is 11.9. The number of hydrogen-bond donors (Lipinski definition) is 2. The van der Waals surface area contributed by atoms with Crippen molar-refractivity contribution in [2.45, 2.75) is 45.1 Å². The fraction of sp³-hybridized carbons (Fsp3) is 0.290. The zero-order valence-corrected chi connectivity index (χ0v) is 24.2. The Bertz CT molecular complexity index is 1570. The highest BCUT2D eigenvalue weighted by molar-refractivity contribution is 6.42. The Morgan fingerprint density at radius 2 is 1.88 bits per heavy atom. The largest absolute Gasteiger partial charge is 0.368 e. The minimum Gasteiger partial charge on any atom is -0.368 e. The van der Waals surface area contributed by atoms with Gasteiger partial charge in [0.05, 0.1) is 21.4 Å². The van der Waals surface area contributed by atoms with E-state index in [1.807, 2.05) is 22.9 Å². The molecule has 2 amide bonds. The number of nitrogens with one attached hydrogen (secondary N) is 1. The molecule has 212 valence electrons. The Morgan fingerprint density at radius 1 is 1.12 bits per heavy atom. The molecule has 5 rings (SSSR count). The molecule has 0 radical (unpaired) electrons. The van der Waals surface area contributed by atoms with Crippen LogP contribution < -0.4 is 11.1 Å². The number of aromatic nitrogens is 3. The van der Waals surface area contributed by atoms with Gasteiger partial charge < -0.3 is 11.1 Å². The molecule has 0 aliphatic heterocycles. The van der Waals surface area contributed by atoms with Crippen molar-refractivity contribution in [3.05, 3.63) is 100 Å². The van der Waals surface area contributed by atoms with Crippen molar-refractivity contribution in [1.29, 1.82) is 0 Å². The lowest BCUT2D eigenvalue weighted by Crippen LogP contribution is -2.49. The Hall–Kier alpha value is -3.75. The first-order valence-corrected chi connectivity index (χ1v) is 14.1. The molecule has 0 unspecified atom stereocenters. The van der Waals surface area contributed by atoms with Gasteiger partial charge in [0, 0.05) is 42.4 Å². The van der Waals surface area contributed by atoms with E-state index in [0.29, 0.717) is 15.6 Å². The van der Waals surface area contributed by atoms with Gasteiger partial charge in [-0.05, 0) is 71.8 Å². The first-order valence-electron chi connectivity index (χ1n) is 13.3. The molecule has 2 heterocycles. The second kappa shape index (κ2) is 11.6. The minimum absolute atomic E-state index is 0.0610. The summed E-state index contributed by atoms with van der Waals surface area (Å²) in [6.45, 7) is 4.28. The highest BCUT2D eigenvalue weighted by atomic mass is 35.5. The summed E-state index contributed by atoms with van der Waals surface area (Å²) >= 11 is 12.5. The third-order valence-corrected chi connectivity index (χ3v) is 8.87. The summed E-state index contributed by atoms with van der Waals surface area (Å²) in [5, 5.41) is 8.58. The average molecular weight is 595 g/mol. The highest BCUT2D eigenvalue weighted by Crippen LogP contribution is 2.58. The lowest BCUT2D eigenvalue weighted by molar-refractivity contribution is -0.130. The molecule has 1 fully saturated rings. The van der Waals surface area contributed by atoms with Crippen LogP contribution in [0.15, 0.2) is 73.1 Å². The predicted octanol–water partition coefficient (Wildman–Crippen LogP) is 6.11. The van der Waals surface area contributed by atoms with Crippen molar-refractivity contribution >= 4 is 35.0 Å². The predicted molar refractivity (Wildman–Crippen MR) is 157 cm³/mol. The third-order valence-electron chi connectivity index (χ3n) is 8.13. The Labute approximate surface area is 247 Å². The number of halogens is 3. The van der Waals surface area contributed by atoms with E-state index in [1.54, 1.807) is 36.7 Å². The quantitative estimate of drug-likeness (QED) is 0.244. The summed E-state index contributed by atoms with van der Waals surface area (Å²) in [5.74, 6) is -1.10. The van der Waals surface area contributed by atoms with E-state index in [9.17, 15) is 14.0 Å². The standard InChI is InChI=1S/C31H30Cl2FN5O2/c1-31(2)20(14-29(40)37-27(30(35)41)12-18-5-7-21(34)8-6-18)13-23(31)28-16-26(19-4-3-11-36-17-19)38-39(28)22-9-10-24(32)25(33)15-22/h3-11,15-17,20,23,27H,12-14H2,1-2H3,(H2,35,41)(H,37,40)/t20-,23-,27+/m1/s1. The highest BCUT2D eigenvalue weighted by Gasteiger charge is 2.50. The van der Waals surface area contributed by atoms with Crippen LogP contribution in [0.4, 0.5) is 4.39 Å². The number of pyridine rings is 1. The number of primary amides is 1. The van der Waals surface area contributed by atoms with Crippen LogP contribution in [0.5, 0.6) is 0 Å². The van der Waals surface area contributed by atoms with Crippen LogP contribution in [-0.4, -0.2) is 32.6 Å². The molecule has 0 spiro atoms. The second-order valence-electron chi connectivity index (χ2n) is 11.1. The van der Waals surface area contributed by atoms with E-state index in [1.165, 1.54) is 12.1 Å². The molecule has 1 aliphatic rings. The van der Waals surface area contributed by atoms with Crippen LogP contribution in [0.3, 0.4) is 0 Å². The summed E-state index contributed by atoms with van der Waals surface area (Å²) in [4.78, 5) is 29.4. The van der Waals surface area contributed by atoms with Crippen LogP contribution in [0.1, 0.15) is 43.9 Å². The normalized spacial score (nSPS) is 18.4. The summed E-state index contributed by atoms with van der Waals surface area (Å²) in [5.41, 5.74) is 9.48. The van der Waals surface area contributed by atoms with E-state index in [2.05, 4.69) is 30.2 Å². The number of hydrogen-bond acceptors (Lipinski definition) is 4. The maximum atomic E-state index is 13.3. The van der Waals surface area contributed by atoms with Gasteiger partial charge in [-0.2, -0.15) is 5.10 Å². The van der Waals surface area contributed by atoms with Crippen LogP contribution in [0.25, 0.3) is 16.9 Å². The zero-order valence-electron chi connectivity index (χ0n) is 22.7. The molecular formula is C31H30Cl2FN5O2. The van der Waals surface area contributed by atoms with Crippen molar-refractivity contribution in [2.75, 3.05) is 0 Å². The molecule has 2 aromatic carbocycles. The van der Waals surface area contributed by atoms with Gasteiger partial charge in [0.25, 0.3) is 0 Å². The molecule has 2 aromatic heterocycles. The number of carbonyl (C=O) groups excluding carboxylic acids is 2. The summed E-state index contributed by atoms with van der Waals surface area (Å²) < 4.78 is 15.2. The van der Waals surface area contributed by atoms with Gasteiger partial charge in [0.15, 0.2) is 0 Å². The van der Waals surface area contributed by atoms with Gasteiger partial charge in [0.2, 0.25) is 11.8 Å². The topological polar surface area (TPSA) is 103 Å². The molecule has 10 heteroatoms. The molecule has 0 bridgehead atoms. The van der Waals surface area contributed by atoms with Gasteiger partial charge >= 0.3 is 0 Å². The monoisotopic (exact) mass is 593 g/mol. The van der Waals surface area contributed by atoms with Crippen molar-refractivity contribution in [2.24, 2.45) is 17.1 Å². The Morgan fingerprint density at radius 3 is 2.51 bits per heavy atom. The van der Waals surface area contributed by atoms with Crippen molar-refractivity contribution in [1.82, 2.24) is 20.1 Å². The lowest BCUT2D eigenvalue weighted by Gasteiger charge is -2.52. The van der Waals surface area contributed by atoms with Gasteiger partial charge in [-0.3, -0.25) is 14.6 Å². The van der Waals surface area contributed by atoms with E-state index in [0.717, 1.165) is 29.1 Å². The molecule has 3 N–H and O–H groups in total. The number of nitrogens with two attached hydrogens (primary N) is 1. The van der Waals surface area contributed by atoms with Gasteiger partial charge in [0.1, 0.15) is 11.9 Å². The van der Waals surface area contributed by atoms with Crippen molar-refractivity contribution in [3.8, 4) is 16.9 Å². The van der Waals surface area contributed by atoms with Gasteiger partial charge in [-0.15, -0.1) is 0 Å². The molecule has 0 saturated heterocycles. The van der Waals surface area contributed by atoms with Crippen LogP contribution in [0.2, 0.25) is 10.0 Å². The van der Waals surface area contributed by atoms with Gasteiger partial charge in [-0.1, -0.05) is 49.2 Å². The molecule has 7 nitrogen and oxygen atoms in total. The van der Waals surface area contributed by atoms with Crippen LogP contribution in [0, 0.1) is 17.2 Å². The summed E-state index contributed by atoms with van der Waals surface area (Å²) in [6, 6.07) is 16.2. The number of nitrogens with zero attached hydrogens (tertiary/aromatic N) is 3. The van der Waals surface area contributed by atoms with Crippen molar-refractivity contribution < 1.29 is 14.0 Å².